The van der Waals surface area contributed by atoms with E-state index in [4.69, 9.17) is 14.3 Å². The van der Waals surface area contributed by atoms with Gasteiger partial charge in [-0.15, -0.1) is 0 Å². The standard InChI is InChI=1S/C19H26FNO5/c1-14(2)13-25-21(11-15-6-8-16(20)9-7-15)18(23)10-17(12-22)26-19(3,4)24-5/h6-10,12,14H,11,13H2,1-5H3/b17-10-. The second kappa shape index (κ2) is 10.0. The molecule has 144 valence electrons. The number of hydrogen-bond acceptors (Lipinski definition) is 5. The number of hydroxylamine groups is 2. The van der Waals surface area contributed by atoms with E-state index in [-0.39, 0.29) is 24.0 Å². The smallest absolute Gasteiger partial charge is 0.274 e. The molecule has 26 heavy (non-hydrogen) atoms. The molecule has 0 N–H and O–H groups in total. The van der Waals surface area contributed by atoms with E-state index in [0.717, 1.165) is 11.1 Å². The first-order valence-corrected chi connectivity index (χ1v) is 8.26. The molecule has 1 amide bonds. The first kappa shape index (κ1) is 21.8. The van der Waals surface area contributed by atoms with Crippen molar-refractivity contribution in [1.29, 1.82) is 0 Å². The van der Waals surface area contributed by atoms with E-state index in [1.54, 1.807) is 26.0 Å². The second-order valence-corrected chi connectivity index (χ2v) is 6.56. The highest BCUT2D eigenvalue weighted by Gasteiger charge is 2.22. The Balaban J connectivity index is 2.95. The normalized spacial score (nSPS) is 12.2. The number of carbonyl (C=O) groups is 2. The number of amides is 1. The van der Waals surface area contributed by atoms with E-state index in [9.17, 15) is 14.0 Å². The van der Waals surface area contributed by atoms with E-state index in [2.05, 4.69) is 0 Å². The van der Waals surface area contributed by atoms with Crippen LogP contribution in [0.25, 0.3) is 0 Å². The van der Waals surface area contributed by atoms with E-state index in [0.29, 0.717) is 18.5 Å². The molecule has 0 atom stereocenters. The molecule has 1 aromatic rings. The molecule has 1 rings (SSSR count). The molecule has 0 aliphatic carbocycles. The summed E-state index contributed by atoms with van der Waals surface area (Å²) in [5, 5.41) is 1.11. The third-order valence-electron chi connectivity index (χ3n) is 3.29. The van der Waals surface area contributed by atoms with Gasteiger partial charge in [-0.25, -0.2) is 9.45 Å². The van der Waals surface area contributed by atoms with Crippen molar-refractivity contribution in [3.8, 4) is 0 Å². The summed E-state index contributed by atoms with van der Waals surface area (Å²) in [6.45, 7) is 7.51. The summed E-state index contributed by atoms with van der Waals surface area (Å²) >= 11 is 0. The van der Waals surface area contributed by atoms with Crippen molar-refractivity contribution in [1.82, 2.24) is 5.06 Å². The topological polar surface area (TPSA) is 65.1 Å². The van der Waals surface area contributed by atoms with Crippen molar-refractivity contribution in [3.05, 3.63) is 47.5 Å². The number of ether oxygens (including phenoxy) is 2. The third-order valence-corrected chi connectivity index (χ3v) is 3.29. The minimum absolute atomic E-state index is 0.0993. The zero-order chi connectivity index (χ0) is 19.7. The second-order valence-electron chi connectivity index (χ2n) is 6.56. The SMILES string of the molecule is COC(C)(C)O/C(C=O)=C\C(=O)N(Cc1ccc(F)cc1)OCC(C)C. The van der Waals surface area contributed by atoms with Gasteiger partial charge in [0.1, 0.15) is 5.82 Å². The zero-order valence-corrected chi connectivity index (χ0v) is 15.8. The third kappa shape index (κ3) is 7.76. The number of nitrogens with zero attached hydrogens (tertiary/aromatic N) is 1. The van der Waals surface area contributed by atoms with Gasteiger partial charge in [0, 0.05) is 21.0 Å². The molecule has 0 saturated carbocycles. The average molecular weight is 367 g/mol. The highest BCUT2D eigenvalue weighted by molar-refractivity contribution is 5.91. The predicted octanol–water partition coefficient (Wildman–Crippen LogP) is 3.22. The van der Waals surface area contributed by atoms with Crippen LogP contribution in [0.15, 0.2) is 36.1 Å². The minimum atomic E-state index is -1.06. The monoisotopic (exact) mass is 367 g/mol. The van der Waals surface area contributed by atoms with Gasteiger partial charge >= 0.3 is 0 Å². The van der Waals surface area contributed by atoms with Crippen LogP contribution in [0.3, 0.4) is 0 Å². The van der Waals surface area contributed by atoms with Crippen LogP contribution in [0.1, 0.15) is 33.3 Å². The molecule has 0 bridgehead atoms. The Kier molecular flexibility index (Phi) is 8.41. The van der Waals surface area contributed by atoms with Gasteiger partial charge in [0.2, 0.25) is 5.79 Å². The molecular formula is C19H26FNO5. The Hall–Kier alpha value is -2.25. The predicted molar refractivity (Wildman–Crippen MR) is 94.1 cm³/mol. The number of benzene rings is 1. The molecule has 0 radical (unpaired) electrons. The van der Waals surface area contributed by atoms with Crippen LogP contribution < -0.4 is 0 Å². The van der Waals surface area contributed by atoms with Crippen LogP contribution in [0.2, 0.25) is 0 Å². The molecule has 0 spiro atoms. The van der Waals surface area contributed by atoms with Crippen LogP contribution in [-0.2, 0) is 30.4 Å². The van der Waals surface area contributed by atoms with Crippen molar-refractivity contribution < 1.29 is 28.3 Å². The van der Waals surface area contributed by atoms with Crippen LogP contribution >= 0.6 is 0 Å². The molecule has 0 unspecified atom stereocenters. The largest absolute Gasteiger partial charge is 0.459 e. The van der Waals surface area contributed by atoms with E-state index in [1.807, 2.05) is 13.8 Å². The Labute approximate surface area is 153 Å². The van der Waals surface area contributed by atoms with Crippen LogP contribution in [-0.4, -0.2) is 36.8 Å². The number of allylic oxidation sites excluding steroid dienone is 1. The molecule has 6 nitrogen and oxygen atoms in total. The number of aldehydes is 1. The lowest BCUT2D eigenvalue weighted by Gasteiger charge is -2.25. The van der Waals surface area contributed by atoms with Crippen molar-refractivity contribution >= 4 is 12.2 Å². The van der Waals surface area contributed by atoms with Gasteiger partial charge in [-0.3, -0.25) is 14.4 Å². The van der Waals surface area contributed by atoms with Gasteiger partial charge in [0.15, 0.2) is 12.0 Å². The Morgan fingerprint density at radius 1 is 1.27 bits per heavy atom. The lowest BCUT2D eigenvalue weighted by atomic mass is 10.2. The van der Waals surface area contributed by atoms with E-state index >= 15 is 0 Å². The van der Waals surface area contributed by atoms with Crippen LogP contribution in [0.4, 0.5) is 4.39 Å². The molecule has 0 fully saturated rings. The van der Waals surface area contributed by atoms with Crippen LogP contribution in [0.5, 0.6) is 0 Å². The number of rotatable bonds is 10. The van der Waals surface area contributed by atoms with Gasteiger partial charge in [-0.1, -0.05) is 26.0 Å². The van der Waals surface area contributed by atoms with Gasteiger partial charge < -0.3 is 9.47 Å². The van der Waals surface area contributed by atoms with Crippen molar-refractivity contribution in [3.63, 3.8) is 0 Å². The van der Waals surface area contributed by atoms with E-state index < -0.39 is 11.7 Å². The highest BCUT2D eigenvalue weighted by Crippen LogP contribution is 2.15. The minimum Gasteiger partial charge on any atom is -0.459 e. The first-order valence-electron chi connectivity index (χ1n) is 8.26. The van der Waals surface area contributed by atoms with Gasteiger partial charge in [0.25, 0.3) is 5.91 Å². The van der Waals surface area contributed by atoms with E-state index in [1.165, 1.54) is 19.2 Å². The van der Waals surface area contributed by atoms with Crippen LogP contribution in [0, 0.1) is 11.7 Å². The maximum atomic E-state index is 13.1. The lowest BCUT2D eigenvalue weighted by molar-refractivity contribution is -0.190. The Bertz CT molecular complexity index is 625. The summed E-state index contributed by atoms with van der Waals surface area (Å²) < 4.78 is 23.5. The first-order chi connectivity index (χ1) is 12.2. The van der Waals surface area contributed by atoms with Crippen molar-refractivity contribution in [2.24, 2.45) is 5.92 Å². The number of carbonyl (C=O) groups excluding carboxylic acids is 2. The molecule has 0 heterocycles. The molecule has 0 aliphatic heterocycles. The molecule has 0 saturated heterocycles. The Morgan fingerprint density at radius 3 is 2.38 bits per heavy atom. The number of hydrogen-bond donors (Lipinski definition) is 0. The van der Waals surface area contributed by atoms with Gasteiger partial charge in [-0.2, -0.15) is 0 Å². The molecule has 1 aromatic carbocycles. The number of methoxy groups -OCH3 is 1. The van der Waals surface area contributed by atoms with Gasteiger partial charge in [-0.05, 0) is 23.6 Å². The quantitative estimate of drug-likeness (QED) is 0.209. The fourth-order valence-corrected chi connectivity index (χ4v) is 1.79. The summed E-state index contributed by atoms with van der Waals surface area (Å²) in [5.74, 6) is -1.99. The van der Waals surface area contributed by atoms with Crippen molar-refractivity contribution in [2.45, 2.75) is 40.0 Å². The number of halogens is 1. The maximum absolute atomic E-state index is 13.1. The molecule has 0 aromatic heterocycles. The fourth-order valence-electron chi connectivity index (χ4n) is 1.79. The summed E-state index contributed by atoms with van der Waals surface area (Å²) in [6, 6.07) is 5.72. The summed E-state index contributed by atoms with van der Waals surface area (Å²) in [6.07, 6.45) is 1.47. The summed E-state index contributed by atoms with van der Waals surface area (Å²) in [4.78, 5) is 29.3. The molecule has 7 heteroatoms. The summed E-state index contributed by atoms with van der Waals surface area (Å²) in [7, 11) is 1.43. The van der Waals surface area contributed by atoms with Crippen molar-refractivity contribution in [2.75, 3.05) is 13.7 Å². The zero-order valence-electron chi connectivity index (χ0n) is 15.8. The lowest BCUT2D eigenvalue weighted by Crippen LogP contribution is -2.32. The molecule has 0 aliphatic rings. The maximum Gasteiger partial charge on any atom is 0.274 e. The highest BCUT2D eigenvalue weighted by atomic mass is 19.1. The fraction of sp³-hybridized carbons (Fsp3) is 0.474. The van der Waals surface area contributed by atoms with Gasteiger partial charge in [0.05, 0.1) is 19.2 Å². The average Bonchev–Trinajstić information content (AvgIpc) is 2.59. The summed E-state index contributed by atoms with van der Waals surface area (Å²) in [5.41, 5.74) is 0.683. The molecular weight excluding hydrogens is 341 g/mol. The Morgan fingerprint density at radius 2 is 1.88 bits per heavy atom.